The molecule has 144 valence electrons. The highest BCUT2D eigenvalue weighted by atomic mass is 19.4. The number of hydrogen-bond donors (Lipinski definition) is 0. The largest absolute Gasteiger partial charge is 0.469 e. The van der Waals surface area contributed by atoms with Gasteiger partial charge in [-0.3, -0.25) is 9.59 Å². The van der Waals surface area contributed by atoms with Crippen LogP contribution in [-0.4, -0.2) is 34.9 Å². The van der Waals surface area contributed by atoms with Crippen molar-refractivity contribution in [3.8, 4) is 6.01 Å². The smallest absolute Gasteiger partial charge is 0.433 e. The summed E-state index contributed by atoms with van der Waals surface area (Å²) in [6.07, 6.45) is -5.47. The van der Waals surface area contributed by atoms with Crippen LogP contribution in [0.25, 0.3) is 0 Å². The molecule has 1 aromatic carbocycles. The highest BCUT2D eigenvalue weighted by Gasteiger charge is 2.35. The Hall–Kier alpha value is -2.97. The Labute approximate surface area is 153 Å². The van der Waals surface area contributed by atoms with Crippen molar-refractivity contribution in [3.05, 3.63) is 52.8 Å². The van der Waals surface area contributed by atoms with Gasteiger partial charge in [-0.2, -0.15) is 23.1 Å². The van der Waals surface area contributed by atoms with Gasteiger partial charge in [-0.25, -0.2) is 0 Å². The quantitative estimate of drug-likeness (QED) is 0.564. The average Bonchev–Trinajstić information content (AvgIpc) is 2.60. The van der Waals surface area contributed by atoms with E-state index in [9.17, 15) is 22.8 Å². The Kier molecular flexibility index (Phi) is 6.14. The zero-order valence-corrected chi connectivity index (χ0v) is 14.8. The van der Waals surface area contributed by atoms with E-state index < -0.39 is 41.4 Å². The number of methoxy groups -OCH3 is 1. The fourth-order valence-electron chi connectivity index (χ4n) is 2.21. The molecule has 0 spiro atoms. The van der Waals surface area contributed by atoms with Crippen LogP contribution in [0.5, 0.6) is 6.01 Å². The molecule has 0 radical (unpaired) electrons. The monoisotopic (exact) mass is 382 g/mol. The summed E-state index contributed by atoms with van der Waals surface area (Å²) in [6, 6.07) is 6.06. The van der Waals surface area contributed by atoms with Gasteiger partial charge in [0.1, 0.15) is 5.69 Å². The molecule has 0 bridgehead atoms. The Morgan fingerprint density at radius 3 is 2.41 bits per heavy atom. The van der Waals surface area contributed by atoms with E-state index >= 15 is 0 Å². The SMILES string of the molecule is COC(=O)Cc1ccccc1C(=O)c1cc(C(F)(F)F)nc(OC(C)C)n1. The third-order valence-electron chi connectivity index (χ3n) is 3.39. The fraction of sp³-hybridized carbons (Fsp3) is 0.333. The number of alkyl halides is 3. The molecular formula is C18H17F3N2O4. The molecule has 0 aliphatic carbocycles. The van der Waals surface area contributed by atoms with E-state index in [1.54, 1.807) is 19.9 Å². The van der Waals surface area contributed by atoms with E-state index in [1.807, 2.05) is 0 Å². The van der Waals surface area contributed by atoms with Crippen LogP contribution >= 0.6 is 0 Å². The van der Waals surface area contributed by atoms with Gasteiger partial charge in [0, 0.05) is 5.56 Å². The number of carbonyl (C=O) groups is 2. The number of esters is 1. The van der Waals surface area contributed by atoms with Crippen LogP contribution < -0.4 is 4.74 Å². The average molecular weight is 382 g/mol. The summed E-state index contributed by atoms with van der Waals surface area (Å²) in [4.78, 5) is 31.4. The second kappa shape index (κ2) is 8.15. The Balaban J connectivity index is 2.51. The van der Waals surface area contributed by atoms with Crippen molar-refractivity contribution in [1.29, 1.82) is 0 Å². The van der Waals surface area contributed by atoms with E-state index in [-0.39, 0.29) is 12.0 Å². The van der Waals surface area contributed by atoms with Crippen LogP contribution in [0.2, 0.25) is 0 Å². The van der Waals surface area contributed by atoms with E-state index in [2.05, 4.69) is 14.7 Å². The number of rotatable bonds is 6. The molecule has 0 saturated carbocycles. The van der Waals surface area contributed by atoms with Crippen LogP contribution in [-0.2, 0) is 22.1 Å². The van der Waals surface area contributed by atoms with Crippen LogP contribution in [0, 0.1) is 0 Å². The molecule has 2 rings (SSSR count). The summed E-state index contributed by atoms with van der Waals surface area (Å²) >= 11 is 0. The third-order valence-corrected chi connectivity index (χ3v) is 3.39. The molecule has 0 N–H and O–H groups in total. The van der Waals surface area contributed by atoms with Gasteiger partial charge in [0.2, 0.25) is 5.78 Å². The third kappa shape index (κ3) is 5.25. The lowest BCUT2D eigenvalue weighted by atomic mass is 9.99. The van der Waals surface area contributed by atoms with Crippen molar-refractivity contribution in [1.82, 2.24) is 9.97 Å². The van der Waals surface area contributed by atoms with Crippen LogP contribution in [0.4, 0.5) is 13.2 Å². The molecule has 0 atom stereocenters. The molecule has 0 aliphatic rings. The summed E-state index contributed by atoms with van der Waals surface area (Å²) < 4.78 is 49.1. The van der Waals surface area contributed by atoms with Gasteiger partial charge in [0.05, 0.1) is 19.6 Å². The summed E-state index contributed by atoms with van der Waals surface area (Å²) in [7, 11) is 1.20. The number of hydrogen-bond acceptors (Lipinski definition) is 6. The molecule has 1 heterocycles. The number of carbonyl (C=O) groups excluding carboxylic acids is 2. The van der Waals surface area contributed by atoms with Crippen molar-refractivity contribution in [2.75, 3.05) is 7.11 Å². The summed E-state index contributed by atoms with van der Waals surface area (Å²) in [5.74, 6) is -1.37. The molecule has 27 heavy (non-hydrogen) atoms. The lowest BCUT2D eigenvalue weighted by Crippen LogP contribution is -2.18. The Bertz CT molecular complexity index is 851. The molecule has 1 aromatic heterocycles. The minimum absolute atomic E-state index is 0.0465. The molecule has 0 amide bonds. The second-order valence-corrected chi connectivity index (χ2v) is 5.82. The van der Waals surface area contributed by atoms with Gasteiger partial charge < -0.3 is 9.47 Å². The summed E-state index contributed by atoms with van der Waals surface area (Å²) in [6.45, 7) is 3.19. The van der Waals surface area contributed by atoms with Crippen molar-refractivity contribution in [2.24, 2.45) is 0 Å². The van der Waals surface area contributed by atoms with Gasteiger partial charge >= 0.3 is 18.2 Å². The number of ether oxygens (including phenoxy) is 2. The maximum absolute atomic E-state index is 13.1. The predicted molar refractivity (Wildman–Crippen MR) is 88.4 cm³/mol. The van der Waals surface area contributed by atoms with E-state index in [0.717, 1.165) is 0 Å². The van der Waals surface area contributed by atoms with Gasteiger partial charge in [-0.05, 0) is 25.5 Å². The zero-order chi connectivity index (χ0) is 20.2. The summed E-state index contributed by atoms with van der Waals surface area (Å²) in [5, 5.41) is 0. The van der Waals surface area contributed by atoms with Crippen LogP contribution in [0.3, 0.4) is 0 Å². The normalized spacial score (nSPS) is 11.4. The maximum Gasteiger partial charge on any atom is 0.433 e. The Morgan fingerprint density at radius 2 is 1.81 bits per heavy atom. The minimum atomic E-state index is -4.78. The Morgan fingerprint density at radius 1 is 1.15 bits per heavy atom. The number of aromatic nitrogens is 2. The molecule has 0 saturated heterocycles. The number of halogens is 3. The molecule has 0 unspecified atom stereocenters. The van der Waals surface area contributed by atoms with Crippen molar-refractivity contribution < 1.29 is 32.2 Å². The van der Waals surface area contributed by atoms with Gasteiger partial charge in [-0.15, -0.1) is 0 Å². The number of nitrogens with zero attached hydrogens (tertiary/aromatic N) is 2. The molecule has 0 fully saturated rings. The first-order valence-electron chi connectivity index (χ1n) is 7.94. The van der Waals surface area contributed by atoms with Crippen LogP contribution in [0.15, 0.2) is 30.3 Å². The topological polar surface area (TPSA) is 78.4 Å². The van der Waals surface area contributed by atoms with Gasteiger partial charge in [0.15, 0.2) is 5.69 Å². The molecule has 0 aliphatic heterocycles. The minimum Gasteiger partial charge on any atom is -0.469 e. The fourth-order valence-corrected chi connectivity index (χ4v) is 2.21. The van der Waals surface area contributed by atoms with Crippen molar-refractivity contribution >= 4 is 11.8 Å². The molecule has 2 aromatic rings. The molecular weight excluding hydrogens is 365 g/mol. The molecule has 6 nitrogen and oxygen atoms in total. The first kappa shape index (κ1) is 20.3. The lowest BCUT2D eigenvalue weighted by Gasteiger charge is -2.13. The maximum atomic E-state index is 13.1. The van der Waals surface area contributed by atoms with Gasteiger partial charge in [-0.1, -0.05) is 24.3 Å². The predicted octanol–water partition coefficient (Wildman–Crippen LogP) is 3.23. The van der Waals surface area contributed by atoms with Crippen molar-refractivity contribution in [2.45, 2.75) is 32.5 Å². The molecule has 9 heteroatoms. The highest BCUT2D eigenvalue weighted by Crippen LogP contribution is 2.30. The van der Waals surface area contributed by atoms with E-state index in [1.165, 1.54) is 25.3 Å². The first-order valence-corrected chi connectivity index (χ1v) is 7.94. The standard InChI is InChI=1S/C18H17F3N2O4/c1-10(2)27-17-22-13(9-14(23-17)18(19,20)21)16(25)12-7-5-4-6-11(12)8-15(24)26-3/h4-7,9-10H,8H2,1-3H3. The number of ketones is 1. The van der Waals surface area contributed by atoms with Crippen LogP contribution in [0.1, 0.15) is 41.2 Å². The number of benzene rings is 1. The van der Waals surface area contributed by atoms with Crippen molar-refractivity contribution in [3.63, 3.8) is 0 Å². The highest BCUT2D eigenvalue weighted by molar-refractivity contribution is 6.09. The van der Waals surface area contributed by atoms with Gasteiger partial charge in [0.25, 0.3) is 0 Å². The first-order chi connectivity index (χ1) is 12.6. The van der Waals surface area contributed by atoms with E-state index in [4.69, 9.17) is 4.74 Å². The zero-order valence-electron chi connectivity index (χ0n) is 14.8. The lowest BCUT2D eigenvalue weighted by molar-refractivity contribution is -0.141. The summed E-state index contributed by atoms with van der Waals surface area (Å²) in [5.41, 5.74) is -1.41. The second-order valence-electron chi connectivity index (χ2n) is 5.82. The van der Waals surface area contributed by atoms with E-state index in [0.29, 0.717) is 11.6 Å².